The quantitative estimate of drug-likeness (QED) is 0.911. The van der Waals surface area contributed by atoms with Crippen LogP contribution in [0, 0.1) is 11.3 Å². The summed E-state index contributed by atoms with van der Waals surface area (Å²) in [5.41, 5.74) is 0.731. The van der Waals surface area contributed by atoms with Crippen LogP contribution < -0.4 is 5.32 Å². The first-order chi connectivity index (χ1) is 8.19. The van der Waals surface area contributed by atoms with Crippen molar-refractivity contribution in [2.45, 2.75) is 6.54 Å². The standard InChI is InChI=1S/C12H8Cl2N2O/c13-8-1-4-11(14)12(5-8)16-7-10-3-2-9(6-15)17-10/h1-5,16H,7H2. The smallest absolute Gasteiger partial charge is 0.203 e. The van der Waals surface area contributed by atoms with Crippen LogP contribution in [0.4, 0.5) is 5.69 Å². The van der Waals surface area contributed by atoms with Crippen LogP contribution in [-0.2, 0) is 6.54 Å². The molecule has 1 aromatic heterocycles. The Balaban J connectivity index is 2.07. The number of anilines is 1. The number of hydrogen-bond donors (Lipinski definition) is 1. The van der Waals surface area contributed by atoms with E-state index in [2.05, 4.69) is 5.32 Å². The van der Waals surface area contributed by atoms with Crippen LogP contribution in [-0.4, -0.2) is 0 Å². The van der Waals surface area contributed by atoms with E-state index in [1.807, 2.05) is 6.07 Å². The van der Waals surface area contributed by atoms with Crippen molar-refractivity contribution in [3.05, 3.63) is 51.9 Å². The number of rotatable bonds is 3. The fourth-order valence-corrected chi connectivity index (χ4v) is 1.70. The van der Waals surface area contributed by atoms with Crippen LogP contribution in [0.15, 0.2) is 34.7 Å². The number of benzene rings is 1. The number of furan rings is 1. The van der Waals surface area contributed by atoms with Gasteiger partial charge < -0.3 is 9.73 Å². The zero-order valence-electron chi connectivity index (χ0n) is 8.71. The predicted molar refractivity (Wildman–Crippen MR) is 67.2 cm³/mol. The molecule has 0 bridgehead atoms. The third-order valence-electron chi connectivity index (χ3n) is 2.15. The number of hydrogen-bond acceptors (Lipinski definition) is 3. The van der Waals surface area contributed by atoms with Crippen LogP contribution in [0.2, 0.25) is 10.0 Å². The maximum atomic E-state index is 8.61. The molecule has 86 valence electrons. The highest BCUT2D eigenvalue weighted by atomic mass is 35.5. The minimum atomic E-state index is 0.291. The average Bonchev–Trinajstić information content (AvgIpc) is 2.78. The molecule has 0 amide bonds. The van der Waals surface area contributed by atoms with Gasteiger partial charge in [-0.05, 0) is 30.3 Å². The number of nitriles is 1. The number of nitrogens with zero attached hydrogens (tertiary/aromatic N) is 1. The molecule has 0 fully saturated rings. The zero-order chi connectivity index (χ0) is 12.3. The van der Waals surface area contributed by atoms with Crippen molar-refractivity contribution in [1.29, 1.82) is 5.26 Å². The monoisotopic (exact) mass is 266 g/mol. The van der Waals surface area contributed by atoms with Gasteiger partial charge in [-0.25, -0.2) is 0 Å². The van der Waals surface area contributed by atoms with Gasteiger partial charge in [-0.15, -0.1) is 0 Å². The van der Waals surface area contributed by atoms with Crippen molar-refractivity contribution in [2.75, 3.05) is 5.32 Å². The summed E-state index contributed by atoms with van der Waals surface area (Å²) in [4.78, 5) is 0. The van der Waals surface area contributed by atoms with Crippen molar-refractivity contribution >= 4 is 28.9 Å². The summed E-state index contributed by atoms with van der Waals surface area (Å²) in [5.74, 6) is 0.955. The van der Waals surface area contributed by atoms with Crippen molar-refractivity contribution in [2.24, 2.45) is 0 Å². The molecule has 0 aliphatic rings. The van der Waals surface area contributed by atoms with Crippen molar-refractivity contribution in [3.8, 4) is 6.07 Å². The third kappa shape index (κ3) is 2.94. The van der Waals surface area contributed by atoms with E-state index in [9.17, 15) is 0 Å². The largest absolute Gasteiger partial charge is 0.449 e. The fraction of sp³-hybridized carbons (Fsp3) is 0.0833. The van der Waals surface area contributed by atoms with E-state index >= 15 is 0 Å². The third-order valence-corrected chi connectivity index (χ3v) is 2.72. The Kier molecular flexibility index (Phi) is 3.58. The van der Waals surface area contributed by atoms with E-state index in [1.165, 1.54) is 0 Å². The molecule has 0 aliphatic carbocycles. The van der Waals surface area contributed by atoms with Gasteiger partial charge in [0.1, 0.15) is 11.8 Å². The molecular formula is C12H8Cl2N2O. The molecule has 0 atom stereocenters. The van der Waals surface area contributed by atoms with E-state index in [1.54, 1.807) is 30.3 Å². The number of nitrogens with one attached hydrogen (secondary N) is 1. The second kappa shape index (κ2) is 5.13. The van der Waals surface area contributed by atoms with E-state index in [-0.39, 0.29) is 0 Å². The Morgan fingerprint density at radius 1 is 1.24 bits per heavy atom. The highest BCUT2D eigenvalue weighted by molar-refractivity contribution is 6.35. The SMILES string of the molecule is N#Cc1ccc(CNc2cc(Cl)ccc2Cl)o1. The van der Waals surface area contributed by atoms with E-state index in [4.69, 9.17) is 32.9 Å². The van der Waals surface area contributed by atoms with Gasteiger partial charge >= 0.3 is 0 Å². The Morgan fingerprint density at radius 3 is 2.76 bits per heavy atom. The Morgan fingerprint density at radius 2 is 2.06 bits per heavy atom. The van der Waals surface area contributed by atoms with Gasteiger partial charge in [-0.1, -0.05) is 23.2 Å². The first kappa shape index (κ1) is 11.8. The minimum absolute atomic E-state index is 0.291. The van der Waals surface area contributed by atoms with E-state index < -0.39 is 0 Å². The molecule has 3 nitrogen and oxygen atoms in total. The lowest BCUT2D eigenvalue weighted by Gasteiger charge is -2.06. The summed E-state index contributed by atoms with van der Waals surface area (Å²) in [6, 6.07) is 10.5. The van der Waals surface area contributed by atoms with Gasteiger partial charge in [0, 0.05) is 5.02 Å². The Bertz CT molecular complexity index is 572. The maximum Gasteiger partial charge on any atom is 0.203 e. The van der Waals surface area contributed by atoms with E-state index in [0.717, 1.165) is 5.69 Å². The molecule has 2 aromatic rings. The minimum Gasteiger partial charge on any atom is -0.449 e. The molecule has 0 saturated heterocycles. The molecule has 0 spiro atoms. The normalized spacial score (nSPS) is 9.94. The van der Waals surface area contributed by atoms with Crippen molar-refractivity contribution in [1.82, 2.24) is 0 Å². The molecule has 0 saturated carbocycles. The van der Waals surface area contributed by atoms with Crippen molar-refractivity contribution < 1.29 is 4.42 Å². The van der Waals surface area contributed by atoms with Gasteiger partial charge in [-0.2, -0.15) is 5.26 Å². The molecule has 0 aliphatic heterocycles. The average molecular weight is 267 g/mol. The molecule has 0 radical (unpaired) electrons. The van der Waals surface area contributed by atoms with Gasteiger partial charge in [0.2, 0.25) is 5.76 Å². The second-order valence-electron chi connectivity index (χ2n) is 3.36. The molecule has 1 N–H and O–H groups in total. The molecule has 1 aromatic carbocycles. The number of halogens is 2. The summed E-state index contributed by atoms with van der Waals surface area (Å²) in [7, 11) is 0. The van der Waals surface area contributed by atoms with Crippen molar-refractivity contribution in [3.63, 3.8) is 0 Å². The molecule has 1 heterocycles. The summed E-state index contributed by atoms with van der Waals surface area (Å²) < 4.78 is 5.22. The first-order valence-corrected chi connectivity index (χ1v) is 5.62. The maximum absolute atomic E-state index is 8.61. The first-order valence-electron chi connectivity index (χ1n) is 4.87. The van der Waals surface area contributed by atoms with E-state index in [0.29, 0.717) is 28.1 Å². The summed E-state index contributed by atoms with van der Waals surface area (Å²) in [6.45, 7) is 0.446. The molecule has 5 heteroatoms. The van der Waals surface area contributed by atoms with Crippen LogP contribution >= 0.6 is 23.2 Å². The Hall–Kier alpha value is -1.63. The van der Waals surface area contributed by atoms with Gasteiger partial charge in [-0.3, -0.25) is 0 Å². The summed E-state index contributed by atoms with van der Waals surface area (Å²) >= 11 is 11.9. The summed E-state index contributed by atoms with van der Waals surface area (Å²) in [5, 5.41) is 12.9. The van der Waals surface area contributed by atoms with Gasteiger partial charge in [0.25, 0.3) is 0 Å². The predicted octanol–water partition coefficient (Wildman–Crippen LogP) is 4.07. The topological polar surface area (TPSA) is 49.0 Å². The lowest BCUT2D eigenvalue weighted by molar-refractivity contribution is 0.506. The molecular weight excluding hydrogens is 259 g/mol. The Labute approximate surface area is 109 Å². The van der Waals surface area contributed by atoms with Crippen LogP contribution in [0.3, 0.4) is 0 Å². The van der Waals surface area contributed by atoms with Crippen LogP contribution in [0.25, 0.3) is 0 Å². The van der Waals surface area contributed by atoms with Gasteiger partial charge in [0.05, 0.1) is 17.3 Å². The summed E-state index contributed by atoms with van der Waals surface area (Å²) in [6.07, 6.45) is 0. The zero-order valence-corrected chi connectivity index (χ0v) is 10.2. The second-order valence-corrected chi connectivity index (χ2v) is 4.20. The highest BCUT2D eigenvalue weighted by Gasteiger charge is 2.04. The molecule has 17 heavy (non-hydrogen) atoms. The van der Waals surface area contributed by atoms with Crippen LogP contribution in [0.1, 0.15) is 11.5 Å². The highest BCUT2D eigenvalue weighted by Crippen LogP contribution is 2.25. The van der Waals surface area contributed by atoms with Crippen LogP contribution in [0.5, 0.6) is 0 Å². The molecule has 2 rings (SSSR count). The van der Waals surface area contributed by atoms with Gasteiger partial charge in [0.15, 0.2) is 0 Å². The molecule has 0 unspecified atom stereocenters. The fourth-order valence-electron chi connectivity index (χ4n) is 1.35. The lowest BCUT2D eigenvalue weighted by atomic mass is 10.3. The lowest BCUT2D eigenvalue weighted by Crippen LogP contribution is -1.98.